The third-order valence-corrected chi connectivity index (χ3v) is 3.44. The van der Waals surface area contributed by atoms with Crippen molar-refractivity contribution in [3.05, 3.63) is 31.9 Å². The van der Waals surface area contributed by atoms with Crippen LogP contribution >= 0.6 is 22.6 Å². The second kappa shape index (κ2) is 5.42. The highest BCUT2D eigenvalue weighted by atomic mass is 127. The molecule has 2 N–H and O–H groups in total. The predicted molar refractivity (Wildman–Crippen MR) is 71.5 cm³/mol. The largest absolute Gasteiger partial charge is 0.479 e. The van der Waals surface area contributed by atoms with Crippen LogP contribution in [-0.2, 0) is 4.79 Å². The normalized spacial score (nSPS) is 14.4. The summed E-state index contributed by atoms with van der Waals surface area (Å²) in [4.78, 5) is 20.7. The van der Waals surface area contributed by atoms with Gasteiger partial charge in [-0.1, -0.05) is 0 Å². The molecule has 0 radical (unpaired) electrons. The fourth-order valence-corrected chi connectivity index (χ4v) is 1.87. The number of anilines is 1. The Morgan fingerprint density at radius 1 is 1.45 bits per heavy atom. The maximum Gasteiger partial charge on any atom is 0.422 e. The number of carboxylic acids is 1. The molecule has 6 nitrogen and oxygen atoms in total. The van der Waals surface area contributed by atoms with E-state index in [0.717, 1.165) is 18.2 Å². The summed E-state index contributed by atoms with van der Waals surface area (Å²) in [5.41, 5.74) is -3.65. The topological polar surface area (TPSA) is 92.5 Å². The van der Waals surface area contributed by atoms with Crippen LogP contribution in [0.25, 0.3) is 0 Å². The standard InChI is InChI=1S/C10H8F3IN2O4/c1-9(8(17)18,10(11,12)13)15-7-3-2-5(16(19)20)4-6(7)14/h2-4,15H,1H3,(H,17,18). The molecule has 20 heavy (non-hydrogen) atoms. The minimum atomic E-state index is -5.04. The number of halogens is 4. The summed E-state index contributed by atoms with van der Waals surface area (Å²) in [5, 5.41) is 21.2. The number of aliphatic carboxylic acids is 1. The molecule has 0 bridgehead atoms. The third-order valence-electron chi connectivity index (χ3n) is 2.54. The number of hydrogen-bond donors (Lipinski definition) is 2. The minimum absolute atomic E-state index is 0.105. The van der Waals surface area contributed by atoms with E-state index >= 15 is 0 Å². The number of benzene rings is 1. The maximum atomic E-state index is 12.8. The molecule has 0 amide bonds. The Morgan fingerprint density at radius 2 is 2.00 bits per heavy atom. The second-order valence-electron chi connectivity index (χ2n) is 3.97. The number of alkyl halides is 3. The lowest BCUT2D eigenvalue weighted by molar-refractivity contribution is -0.384. The number of non-ortho nitro benzene ring substituents is 1. The number of nitrogens with zero attached hydrogens (tertiary/aromatic N) is 1. The molecule has 0 aliphatic heterocycles. The Labute approximate surface area is 124 Å². The molecule has 1 rings (SSSR count). The van der Waals surface area contributed by atoms with Gasteiger partial charge in [-0.2, -0.15) is 13.2 Å². The van der Waals surface area contributed by atoms with Crippen LogP contribution in [0.1, 0.15) is 6.92 Å². The first-order valence-electron chi connectivity index (χ1n) is 5.01. The Morgan fingerprint density at radius 3 is 2.35 bits per heavy atom. The van der Waals surface area contributed by atoms with Crippen molar-refractivity contribution in [2.24, 2.45) is 0 Å². The first kappa shape index (κ1) is 16.5. The third kappa shape index (κ3) is 3.11. The van der Waals surface area contributed by atoms with Gasteiger partial charge in [0.25, 0.3) is 5.69 Å². The van der Waals surface area contributed by atoms with Gasteiger partial charge in [0, 0.05) is 21.4 Å². The lowest BCUT2D eigenvalue weighted by Gasteiger charge is -2.30. The van der Waals surface area contributed by atoms with Gasteiger partial charge >= 0.3 is 12.1 Å². The number of rotatable bonds is 4. The molecule has 1 aromatic rings. The molecule has 1 aromatic carbocycles. The molecule has 0 aliphatic rings. The molecule has 10 heteroatoms. The summed E-state index contributed by atoms with van der Waals surface area (Å²) in [7, 11) is 0. The lowest BCUT2D eigenvalue weighted by atomic mass is 10.0. The summed E-state index contributed by atoms with van der Waals surface area (Å²) in [6.45, 7) is 0.479. The first-order valence-corrected chi connectivity index (χ1v) is 6.09. The van der Waals surface area contributed by atoms with Crippen molar-refractivity contribution >= 4 is 39.9 Å². The van der Waals surface area contributed by atoms with Crippen LogP contribution < -0.4 is 5.32 Å². The molecule has 0 spiro atoms. The molecule has 0 fully saturated rings. The average Bonchev–Trinajstić information content (AvgIpc) is 2.29. The van der Waals surface area contributed by atoms with Gasteiger partial charge < -0.3 is 10.4 Å². The van der Waals surface area contributed by atoms with Crippen LogP contribution in [0.5, 0.6) is 0 Å². The number of nitrogens with one attached hydrogen (secondary N) is 1. The van der Waals surface area contributed by atoms with E-state index in [1.54, 1.807) is 22.6 Å². The van der Waals surface area contributed by atoms with Crippen LogP contribution in [0.3, 0.4) is 0 Å². The Kier molecular flexibility index (Phi) is 4.46. The Balaban J connectivity index is 3.20. The van der Waals surface area contributed by atoms with Gasteiger partial charge in [-0.05, 0) is 35.6 Å². The molecule has 0 heterocycles. The predicted octanol–water partition coefficient (Wildman–Crippen LogP) is 3.02. The molecular weight excluding hydrogens is 396 g/mol. The summed E-state index contributed by atoms with van der Waals surface area (Å²) >= 11 is 1.58. The van der Waals surface area contributed by atoms with Crippen molar-refractivity contribution in [2.45, 2.75) is 18.6 Å². The average molecular weight is 404 g/mol. The van der Waals surface area contributed by atoms with Crippen molar-refractivity contribution < 1.29 is 28.0 Å². The molecule has 0 saturated heterocycles. The van der Waals surface area contributed by atoms with Gasteiger partial charge in [0.1, 0.15) is 0 Å². The summed E-state index contributed by atoms with van der Waals surface area (Å²) in [6, 6.07) is 3.07. The monoisotopic (exact) mass is 404 g/mol. The van der Waals surface area contributed by atoms with Gasteiger partial charge in [-0.25, -0.2) is 4.79 Å². The number of carboxylic acid groups (broad SMARTS) is 1. The smallest absolute Gasteiger partial charge is 0.422 e. The number of nitro groups is 1. The highest BCUT2D eigenvalue weighted by Crippen LogP contribution is 2.35. The Hall–Kier alpha value is -1.59. The summed E-state index contributed by atoms with van der Waals surface area (Å²) in [5.74, 6) is -2.10. The van der Waals surface area contributed by atoms with Gasteiger partial charge in [-0.3, -0.25) is 10.1 Å². The number of nitro benzene ring substituents is 1. The minimum Gasteiger partial charge on any atom is -0.479 e. The van der Waals surface area contributed by atoms with Crippen LogP contribution in [0.4, 0.5) is 24.5 Å². The number of carbonyl (C=O) groups is 1. The van der Waals surface area contributed by atoms with Crippen LogP contribution in [0.15, 0.2) is 18.2 Å². The highest BCUT2D eigenvalue weighted by molar-refractivity contribution is 14.1. The molecule has 1 unspecified atom stereocenters. The Bertz CT molecular complexity index is 564. The molecule has 0 aromatic heterocycles. The SMILES string of the molecule is CC(Nc1ccc([N+](=O)[O-])cc1I)(C(=O)O)C(F)(F)F. The van der Waals surface area contributed by atoms with E-state index in [4.69, 9.17) is 5.11 Å². The van der Waals surface area contributed by atoms with Crippen molar-refractivity contribution in [1.82, 2.24) is 0 Å². The molecular formula is C10H8F3IN2O4. The van der Waals surface area contributed by atoms with E-state index in [0.29, 0.717) is 6.92 Å². The zero-order valence-electron chi connectivity index (χ0n) is 9.86. The van der Waals surface area contributed by atoms with Gasteiger partial charge in [-0.15, -0.1) is 0 Å². The van der Waals surface area contributed by atoms with Gasteiger partial charge in [0.2, 0.25) is 5.54 Å². The van der Waals surface area contributed by atoms with Crippen LogP contribution in [0.2, 0.25) is 0 Å². The van der Waals surface area contributed by atoms with Crippen LogP contribution in [-0.4, -0.2) is 27.7 Å². The van der Waals surface area contributed by atoms with E-state index in [2.05, 4.69) is 0 Å². The van der Waals surface area contributed by atoms with E-state index < -0.39 is 22.6 Å². The molecule has 0 aliphatic carbocycles. The van der Waals surface area contributed by atoms with Crippen molar-refractivity contribution in [3.63, 3.8) is 0 Å². The molecule has 110 valence electrons. The summed E-state index contributed by atoms with van der Waals surface area (Å²) < 4.78 is 38.6. The van der Waals surface area contributed by atoms with Crippen molar-refractivity contribution in [3.8, 4) is 0 Å². The quantitative estimate of drug-likeness (QED) is 0.458. The van der Waals surface area contributed by atoms with E-state index in [1.807, 2.05) is 5.32 Å². The molecule has 0 saturated carbocycles. The second-order valence-corrected chi connectivity index (χ2v) is 5.14. The first-order chi connectivity index (χ1) is 8.99. The zero-order chi connectivity index (χ0) is 15.7. The van der Waals surface area contributed by atoms with Crippen molar-refractivity contribution in [1.29, 1.82) is 0 Å². The fourth-order valence-electron chi connectivity index (χ4n) is 1.23. The van der Waals surface area contributed by atoms with Crippen LogP contribution in [0, 0.1) is 13.7 Å². The van der Waals surface area contributed by atoms with Gasteiger partial charge in [0.05, 0.1) is 4.92 Å². The van der Waals surface area contributed by atoms with E-state index in [9.17, 15) is 28.1 Å². The van der Waals surface area contributed by atoms with Gasteiger partial charge in [0.15, 0.2) is 0 Å². The fraction of sp³-hybridized carbons (Fsp3) is 0.300. The zero-order valence-corrected chi connectivity index (χ0v) is 12.0. The molecule has 1 atom stereocenters. The van der Waals surface area contributed by atoms with E-state index in [-0.39, 0.29) is 14.9 Å². The van der Waals surface area contributed by atoms with E-state index in [1.165, 1.54) is 0 Å². The number of hydrogen-bond acceptors (Lipinski definition) is 4. The summed E-state index contributed by atoms with van der Waals surface area (Å²) in [6.07, 6.45) is -5.04. The maximum absolute atomic E-state index is 12.8. The lowest BCUT2D eigenvalue weighted by Crippen LogP contribution is -2.55. The van der Waals surface area contributed by atoms with Crippen molar-refractivity contribution in [2.75, 3.05) is 5.32 Å². The highest BCUT2D eigenvalue weighted by Gasteiger charge is 2.57.